The fraction of sp³-hybridized carbons (Fsp3) is 0.529. The molecule has 5 nitrogen and oxygen atoms in total. The van der Waals surface area contributed by atoms with Gasteiger partial charge >= 0.3 is 0 Å². The van der Waals surface area contributed by atoms with Crippen molar-refractivity contribution in [3.8, 4) is 0 Å². The maximum Gasteiger partial charge on any atom is 0.139 e. The van der Waals surface area contributed by atoms with Gasteiger partial charge in [-0.05, 0) is 31.1 Å². The molecular formula is C17H23N5S. The van der Waals surface area contributed by atoms with E-state index in [0.29, 0.717) is 6.04 Å². The highest BCUT2D eigenvalue weighted by molar-refractivity contribution is 7.96. The normalized spacial score (nSPS) is 21.7. The fourth-order valence-corrected chi connectivity index (χ4v) is 4.37. The number of pyridine rings is 1. The summed E-state index contributed by atoms with van der Waals surface area (Å²) in [4.78, 5) is 12.7. The van der Waals surface area contributed by atoms with Crippen molar-refractivity contribution in [3.05, 3.63) is 24.3 Å². The molecular weight excluding hydrogens is 306 g/mol. The smallest absolute Gasteiger partial charge is 0.139 e. The molecule has 6 heteroatoms. The van der Waals surface area contributed by atoms with Crippen LogP contribution in [0.3, 0.4) is 0 Å². The lowest BCUT2D eigenvalue weighted by Gasteiger charge is -2.23. The third-order valence-corrected chi connectivity index (χ3v) is 5.59. The Morgan fingerprint density at radius 2 is 2.35 bits per heavy atom. The number of aromatic amines is 1. The molecule has 1 aliphatic rings. The Morgan fingerprint density at radius 3 is 3.17 bits per heavy atom. The SMILES string of the molecule is CCC1CCCC1n1c(CNSC)nc2cnc3[nH]ccc3c21. The van der Waals surface area contributed by atoms with Gasteiger partial charge in [-0.1, -0.05) is 31.7 Å². The zero-order chi connectivity index (χ0) is 15.8. The minimum atomic E-state index is 0.559. The third kappa shape index (κ3) is 2.44. The lowest BCUT2D eigenvalue weighted by atomic mass is 10.00. The van der Waals surface area contributed by atoms with Gasteiger partial charge in [-0.2, -0.15) is 0 Å². The molecule has 0 bridgehead atoms. The topological polar surface area (TPSA) is 58.5 Å². The van der Waals surface area contributed by atoms with E-state index in [1.165, 1.54) is 36.6 Å². The highest BCUT2D eigenvalue weighted by Gasteiger charge is 2.31. The number of imidazole rings is 1. The first-order valence-corrected chi connectivity index (χ1v) is 9.64. The van der Waals surface area contributed by atoms with Crippen LogP contribution in [0.5, 0.6) is 0 Å². The van der Waals surface area contributed by atoms with Crippen LogP contribution in [-0.4, -0.2) is 25.8 Å². The third-order valence-electron chi connectivity index (χ3n) is 5.16. The van der Waals surface area contributed by atoms with Crippen molar-refractivity contribution in [1.82, 2.24) is 24.2 Å². The maximum absolute atomic E-state index is 4.90. The standard InChI is InChI=1S/C17H23N5S/c1-3-11-5-4-6-14(11)22-15(10-20-23-2)21-13-9-19-17-12(16(13)22)7-8-18-17/h7-9,11,14,20H,3-6,10H2,1-2H3,(H,18,19). The molecule has 2 N–H and O–H groups in total. The number of aromatic nitrogens is 4. The maximum atomic E-state index is 4.90. The molecule has 2 unspecified atom stereocenters. The van der Waals surface area contributed by atoms with Crippen LogP contribution in [0.4, 0.5) is 0 Å². The number of hydrogen-bond donors (Lipinski definition) is 2. The number of rotatable bonds is 5. The molecule has 3 aromatic heterocycles. The van der Waals surface area contributed by atoms with Crippen LogP contribution in [0.2, 0.25) is 0 Å². The highest BCUT2D eigenvalue weighted by Crippen LogP contribution is 2.41. The summed E-state index contributed by atoms with van der Waals surface area (Å²) in [6.07, 6.45) is 11.1. The molecule has 2 atom stereocenters. The minimum Gasteiger partial charge on any atom is -0.346 e. The van der Waals surface area contributed by atoms with Crippen molar-refractivity contribution in [3.63, 3.8) is 0 Å². The first-order chi connectivity index (χ1) is 11.3. The van der Waals surface area contributed by atoms with E-state index in [2.05, 4.69) is 38.5 Å². The van der Waals surface area contributed by atoms with E-state index in [-0.39, 0.29) is 0 Å². The van der Waals surface area contributed by atoms with Crippen molar-refractivity contribution in [2.75, 3.05) is 6.26 Å². The Labute approximate surface area is 140 Å². The van der Waals surface area contributed by atoms with Gasteiger partial charge < -0.3 is 9.55 Å². The number of nitrogens with zero attached hydrogens (tertiary/aromatic N) is 3. The van der Waals surface area contributed by atoms with E-state index in [0.717, 1.165) is 29.5 Å². The summed E-state index contributed by atoms with van der Waals surface area (Å²) in [5.41, 5.74) is 3.21. The second kappa shape index (κ2) is 6.17. The van der Waals surface area contributed by atoms with Gasteiger partial charge in [0.1, 0.15) is 17.0 Å². The molecule has 0 aliphatic heterocycles. The molecule has 0 amide bonds. The van der Waals surface area contributed by atoms with Gasteiger partial charge in [0.05, 0.1) is 18.3 Å². The summed E-state index contributed by atoms with van der Waals surface area (Å²) in [5, 5.41) is 1.19. The van der Waals surface area contributed by atoms with Crippen LogP contribution in [0.25, 0.3) is 22.1 Å². The molecule has 4 rings (SSSR count). The van der Waals surface area contributed by atoms with Gasteiger partial charge in [0.2, 0.25) is 0 Å². The Bertz CT molecular complexity index is 821. The van der Waals surface area contributed by atoms with Gasteiger partial charge in [0.15, 0.2) is 0 Å². The molecule has 3 aromatic rings. The van der Waals surface area contributed by atoms with Crippen molar-refractivity contribution >= 4 is 34.0 Å². The van der Waals surface area contributed by atoms with Crippen LogP contribution in [0, 0.1) is 5.92 Å². The number of hydrogen-bond acceptors (Lipinski definition) is 4. The summed E-state index contributed by atoms with van der Waals surface area (Å²) < 4.78 is 5.88. The molecule has 0 spiro atoms. The number of H-pyrrole nitrogens is 1. The van der Waals surface area contributed by atoms with Crippen molar-refractivity contribution in [2.45, 2.75) is 45.2 Å². The van der Waals surface area contributed by atoms with Gasteiger partial charge in [0, 0.05) is 17.6 Å². The van der Waals surface area contributed by atoms with Crippen LogP contribution >= 0.6 is 11.9 Å². The quantitative estimate of drug-likeness (QED) is 0.694. The van der Waals surface area contributed by atoms with Gasteiger partial charge in [0.25, 0.3) is 0 Å². The summed E-state index contributed by atoms with van der Waals surface area (Å²) in [6.45, 7) is 3.10. The van der Waals surface area contributed by atoms with Crippen molar-refractivity contribution in [1.29, 1.82) is 0 Å². The Kier molecular flexibility index (Phi) is 4.03. The first kappa shape index (κ1) is 15.0. The second-order valence-corrected chi connectivity index (χ2v) is 7.02. The largest absolute Gasteiger partial charge is 0.346 e. The van der Waals surface area contributed by atoms with E-state index >= 15 is 0 Å². The molecule has 0 radical (unpaired) electrons. The Hall–Kier alpha value is -1.53. The highest BCUT2D eigenvalue weighted by atomic mass is 32.2. The van der Waals surface area contributed by atoms with E-state index in [4.69, 9.17) is 4.98 Å². The summed E-state index contributed by atoms with van der Waals surface area (Å²) in [6, 6.07) is 2.69. The van der Waals surface area contributed by atoms with Gasteiger partial charge in [-0.25, -0.2) is 9.97 Å². The summed E-state index contributed by atoms with van der Waals surface area (Å²) >= 11 is 1.64. The van der Waals surface area contributed by atoms with E-state index in [1.54, 1.807) is 11.9 Å². The number of fused-ring (bicyclic) bond motifs is 3. The lowest BCUT2D eigenvalue weighted by Crippen LogP contribution is -2.18. The average molecular weight is 329 g/mol. The van der Waals surface area contributed by atoms with Crippen molar-refractivity contribution in [2.24, 2.45) is 5.92 Å². The Morgan fingerprint density at radius 1 is 1.43 bits per heavy atom. The zero-order valence-corrected chi connectivity index (χ0v) is 14.5. The van der Waals surface area contributed by atoms with Crippen LogP contribution in [-0.2, 0) is 6.54 Å². The molecule has 1 aliphatic carbocycles. The molecule has 1 fully saturated rings. The summed E-state index contributed by atoms with van der Waals surface area (Å²) in [5.74, 6) is 1.89. The molecule has 23 heavy (non-hydrogen) atoms. The van der Waals surface area contributed by atoms with Crippen LogP contribution in [0.1, 0.15) is 44.5 Å². The van der Waals surface area contributed by atoms with Crippen LogP contribution in [0.15, 0.2) is 18.5 Å². The molecule has 3 heterocycles. The predicted octanol–water partition coefficient (Wildman–Crippen LogP) is 4.03. The predicted molar refractivity (Wildman–Crippen MR) is 96.4 cm³/mol. The first-order valence-electron chi connectivity index (χ1n) is 8.42. The van der Waals surface area contributed by atoms with Gasteiger partial charge in [-0.3, -0.25) is 4.72 Å². The zero-order valence-electron chi connectivity index (χ0n) is 13.7. The Balaban J connectivity index is 1.94. The second-order valence-electron chi connectivity index (χ2n) is 6.32. The molecule has 122 valence electrons. The fourth-order valence-electron chi connectivity index (χ4n) is 4.09. The number of nitrogens with one attached hydrogen (secondary N) is 2. The lowest BCUT2D eigenvalue weighted by molar-refractivity contribution is 0.368. The molecule has 0 aromatic carbocycles. The van der Waals surface area contributed by atoms with Crippen LogP contribution < -0.4 is 4.72 Å². The van der Waals surface area contributed by atoms with E-state index in [9.17, 15) is 0 Å². The summed E-state index contributed by atoms with van der Waals surface area (Å²) in [7, 11) is 0. The molecule has 1 saturated carbocycles. The van der Waals surface area contributed by atoms with Crippen molar-refractivity contribution < 1.29 is 0 Å². The van der Waals surface area contributed by atoms with E-state index in [1.807, 2.05) is 12.4 Å². The monoisotopic (exact) mass is 329 g/mol. The molecule has 0 saturated heterocycles. The minimum absolute atomic E-state index is 0.559. The van der Waals surface area contributed by atoms with E-state index < -0.39 is 0 Å². The van der Waals surface area contributed by atoms with Gasteiger partial charge in [-0.15, -0.1) is 0 Å². The average Bonchev–Trinajstić information content (AvgIpc) is 3.27.